The van der Waals surface area contributed by atoms with Crippen LogP contribution < -0.4 is 0 Å². The van der Waals surface area contributed by atoms with E-state index < -0.39 is 8.32 Å². The molecule has 3 nitrogen and oxygen atoms in total. The highest BCUT2D eigenvalue weighted by Gasteiger charge is 2.37. The third kappa shape index (κ3) is 7.85. The van der Waals surface area contributed by atoms with E-state index in [4.69, 9.17) is 9.16 Å². The van der Waals surface area contributed by atoms with Crippen molar-refractivity contribution in [3.05, 3.63) is 12.2 Å². The maximum atomic E-state index is 11.0. The van der Waals surface area contributed by atoms with Crippen LogP contribution in [0.15, 0.2) is 12.2 Å². The molecule has 4 heteroatoms. The van der Waals surface area contributed by atoms with E-state index in [1.165, 1.54) is 6.92 Å². The topological polar surface area (TPSA) is 35.5 Å². The van der Waals surface area contributed by atoms with Gasteiger partial charge in [-0.1, -0.05) is 46.8 Å². The first-order valence-electron chi connectivity index (χ1n) is 7.41. The number of carbonyl (C=O) groups excluding carboxylic acids is 1. The summed E-state index contributed by atoms with van der Waals surface area (Å²) in [6.45, 7) is 17.9. The molecule has 20 heavy (non-hydrogen) atoms. The summed E-state index contributed by atoms with van der Waals surface area (Å²) < 4.78 is 11.3. The highest BCUT2D eigenvalue weighted by Crippen LogP contribution is 2.36. The van der Waals surface area contributed by atoms with E-state index in [9.17, 15) is 4.79 Å². The normalized spacial score (nSPS) is 14.8. The second kappa shape index (κ2) is 7.98. The fraction of sp³-hybridized carbons (Fsp3) is 0.812. The monoisotopic (exact) mass is 300 g/mol. The largest absolute Gasteiger partial charge is 0.465 e. The van der Waals surface area contributed by atoms with Gasteiger partial charge in [-0.15, -0.1) is 0 Å². The van der Waals surface area contributed by atoms with Gasteiger partial charge < -0.3 is 9.16 Å². The fourth-order valence-corrected chi connectivity index (χ4v) is 2.36. The summed E-state index contributed by atoms with van der Waals surface area (Å²) in [6.07, 6.45) is 4.25. The number of esters is 1. The van der Waals surface area contributed by atoms with Crippen LogP contribution in [0.5, 0.6) is 0 Å². The van der Waals surface area contributed by atoms with Crippen molar-refractivity contribution in [2.24, 2.45) is 11.8 Å². The first-order chi connectivity index (χ1) is 8.95. The molecule has 0 radical (unpaired) electrons. The summed E-state index contributed by atoms with van der Waals surface area (Å²) >= 11 is 0. The molecular weight excluding hydrogens is 268 g/mol. The minimum absolute atomic E-state index is 0.135. The third-order valence-corrected chi connectivity index (χ3v) is 8.23. The van der Waals surface area contributed by atoms with Gasteiger partial charge in [0, 0.05) is 19.4 Å². The van der Waals surface area contributed by atoms with Crippen molar-refractivity contribution in [2.45, 2.75) is 59.7 Å². The Hall–Kier alpha value is -0.613. The number of ether oxygens (including phenoxy) is 1. The predicted molar refractivity (Wildman–Crippen MR) is 87.3 cm³/mol. The van der Waals surface area contributed by atoms with Gasteiger partial charge in [0.25, 0.3) is 0 Å². The summed E-state index contributed by atoms with van der Waals surface area (Å²) in [7, 11) is -1.75. The second-order valence-corrected chi connectivity index (χ2v) is 12.1. The third-order valence-electron chi connectivity index (χ3n) is 3.73. The quantitative estimate of drug-likeness (QED) is 0.397. The molecule has 0 unspecified atom stereocenters. The molecule has 1 atom stereocenters. The van der Waals surface area contributed by atoms with Gasteiger partial charge in [-0.25, -0.2) is 0 Å². The van der Waals surface area contributed by atoms with E-state index in [0.29, 0.717) is 19.1 Å². The molecule has 0 amide bonds. The van der Waals surface area contributed by atoms with Crippen LogP contribution in [-0.4, -0.2) is 27.5 Å². The van der Waals surface area contributed by atoms with Gasteiger partial charge in [0.2, 0.25) is 0 Å². The predicted octanol–water partition coefficient (Wildman–Crippen LogP) is 4.40. The number of rotatable bonds is 7. The van der Waals surface area contributed by atoms with Gasteiger partial charge in [0.1, 0.15) is 0 Å². The summed E-state index contributed by atoms with van der Waals surface area (Å²) in [4.78, 5) is 11.0. The first kappa shape index (κ1) is 19.4. The van der Waals surface area contributed by atoms with Crippen molar-refractivity contribution < 1.29 is 14.0 Å². The molecule has 0 N–H and O–H groups in total. The second-order valence-electron chi connectivity index (χ2n) is 7.26. The molecule has 0 saturated heterocycles. The van der Waals surface area contributed by atoms with Crippen molar-refractivity contribution in [1.29, 1.82) is 0 Å². The highest BCUT2D eigenvalue weighted by atomic mass is 28.4. The molecule has 0 saturated carbocycles. The smallest absolute Gasteiger partial charge is 0.302 e. The Morgan fingerprint density at radius 1 is 1.15 bits per heavy atom. The van der Waals surface area contributed by atoms with Crippen LogP contribution in [0.3, 0.4) is 0 Å². The van der Waals surface area contributed by atoms with Gasteiger partial charge in [0.15, 0.2) is 8.32 Å². The average Bonchev–Trinajstić information content (AvgIpc) is 2.25. The Morgan fingerprint density at radius 2 is 1.70 bits per heavy atom. The van der Waals surface area contributed by atoms with E-state index in [2.05, 4.69) is 59.9 Å². The highest BCUT2D eigenvalue weighted by molar-refractivity contribution is 6.74. The Bertz CT molecular complexity index is 327. The van der Waals surface area contributed by atoms with E-state index >= 15 is 0 Å². The Labute approximate surface area is 125 Å². The van der Waals surface area contributed by atoms with Gasteiger partial charge in [0.05, 0.1) is 6.61 Å². The van der Waals surface area contributed by atoms with Crippen molar-refractivity contribution in [2.75, 3.05) is 13.2 Å². The number of hydrogen-bond donors (Lipinski definition) is 0. The molecule has 0 aromatic rings. The molecule has 0 heterocycles. The number of carbonyl (C=O) groups is 1. The van der Waals surface area contributed by atoms with Gasteiger partial charge in [-0.2, -0.15) is 0 Å². The summed E-state index contributed by atoms with van der Waals surface area (Å²) in [6, 6.07) is 0. The molecule has 118 valence electrons. The zero-order valence-electron chi connectivity index (χ0n) is 14.4. The SMILES string of the molecule is CC(=O)OC[C@@H](/C=C/C(C)C)CO[Si](C)(C)C(C)(C)C. The fourth-order valence-electron chi connectivity index (χ4n) is 1.29. The van der Waals surface area contributed by atoms with Crippen LogP contribution in [0.4, 0.5) is 0 Å². The average molecular weight is 301 g/mol. The van der Waals surface area contributed by atoms with E-state index in [0.717, 1.165) is 0 Å². The molecule has 0 aromatic heterocycles. The molecule has 0 aliphatic heterocycles. The summed E-state index contributed by atoms with van der Waals surface area (Å²) in [5, 5.41) is 0.195. The van der Waals surface area contributed by atoms with Crippen molar-refractivity contribution in [3.63, 3.8) is 0 Å². The number of allylic oxidation sites excluding steroid dienone is 1. The Balaban J connectivity index is 4.60. The lowest BCUT2D eigenvalue weighted by molar-refractivity contribution is -0.142. The lowest BCUT2D eigenvalue weighted by Gasteiger charge is -2.37. The van der Waals surface area contributed by atoms with Crippen LogP contribution in [0.2, 0.25) is 18.1 Å². The van der Waals surface area contributed by atoms with Crippen LogP contribution in [0, 0.1) is 11.8 Å². The maximum absolute atomic E-state index is 11.0. The number of hydrogen-bond acceptors (Lipinski definition) is 3. The standard InChI is InChI=1S/C16H32O3Si/c1-13(2)9-10-15(11-18-14(3)17)12-19-20(7,8)16(4,5)6/h9-10,13,15H,11-12H2,1-8H3/b10-9+/t15-/m1/s1. The van der Waals surface area contributed by atoms with Crippen LogP contribution in [0.1, 0.15) is 41.5 Å². The summed E-state index contributed by atoms with van der Waals surface area (Å²) in [5.41, 5.74) is 0. The maximum Gasteiger partial charge on any atom is 0.302 e. The Kier molecular flexibility index (Phi) is 7.74. The zero-order valence-corrected chi connectivity index (χ0v) is 15.4. The van der Waals surface area contributed by atoms with Crippen LogP contribution in [-0.2, 0) is 14.0 Å². The van der Waals surface area contributed by atoms with E-state index in [1.54, 1.807) is 0 Å². The van der Waals surface area contributed by atoms with E-state index in [-0.39, 0.29) is 16.9 Å². The van der Waals surface area contributed by atoms with E-state index in [1.807, 2.05) is 0 Å². The van der Waals surface area contributed by atoms with Gasteiger partial charge >= 0.3 is 5.97 Å². The van der Waals surface area contributed by atoms with Gasteiger partial charge in [-0.3, -0.25) is 4.79 Å². The van der Waals surface area contributed by atoms with Crippen LogP contribution in [0.25, 0.3) is 0 Å². The van der Waals surface area contributed by atoms with Crippen molar-refractivity contribution >= 4 is 14.3 Å². The molecule has 0 aliphatic rings. The summed E-state index contributed by atoms with van der Waals surface area (Å²) in [5.74, 6) is 0.387. The van der Waals surface area contributed by atoms with Crippen molar-refractivity contribution in [3.8, 4) is 0 Å². The van der Waals surface area contributed by atoms with Crippen LogP contribution >= 0.6 is 0 Å². The molecule has 0 bridgehead atoms. The van der Waals surface area contributed by atoms with Gasteiger partial charge in [-0.05, 0) is 24.1 Å². The lowest BCUT2D eigenvalue weighted by atomic mass is 10.1. The molecule has 0 aromatic carbocycles. The Morgan fingerprint density at radius 3 is 2.10 bits per heavy atom. The molecule has 0 fully saturated rings. The molecule has 0 aliphatic carbocycles. The minimum Gasteiger partial charge on any atom is -0.465 e. The minimum atomic E-state index is -1.75. The lowest BCUT2D eigenvalue weighted by Crippen LogP contribution is -2.42. The first-order valence-corrected chi connectivity index (χ1v) is 10.3. The molecular formula is C16H32O3Si. The molecule has 0 spiro atoms. The van der Waals surface area contributed by atoms with Crippen molar-refractivity contribution in [1.82, 2.24) is 0 Å². The molecule has 0 rings (SSSR count). The zero-order chi connectivity index (χ0) is 16.0.